The Balaban J connectivity index is 1.72. The van der Waals surface area contributed by atoms with Gasteiger partial charge in [-0.2, -0.15) is 10.4 Å². The van der Waals surface area contributed by atoms with Crippen molar-refractivity contribution in [3.63, 3.8) is 0 Å². The van der Waals surface area contributed by atoms with Gasteiger partial charge in [0.05, 0.1) is 30.7 Å². The Kier molecular flexibility index (Phi) is 4.98. The van der Waals surface area contributed by atoms with Crippen LogP contribution in [0.2, 0.25) is 0 Å². The third-order valence-corrected chi connectivity index (χ3v) is 4.25. The van der Waals surface area contributed by atoms with Gasteiger partial charge in [-0.25, -0.2) is 9.18 Å². The third kappa shape index (κ3) is 3.91. The van der Waals surface area contributed by atoms with E-state index < -0.39 is 17.5 Å². The molecule has 1 saturated heterocycles. The molecule has 9 heteroatoms. The number of hydrogen-bond donors (Lipinski definition) is 0. The van der Waals surface area contributed by atoms with Crippen molar-refractivity contribution in [1.29, 1.82) is 5.26 Å². The number of likely N-dealkylation sites (tertiary alicyclic amines) is 1. The summed E-state index contributed by atoms with van der Waals surface area (Å²) in [5, 5.41) is 13.3. The summed E-state index contributed by atoms with van der Waals surface area (Å²) >= 11 is 0. The predicted molar refractivity (Wildman–Crippen MR) is 98.1 cm³/mol. The number of ether oxygens (including phenoxy) is 2. The second-order valence-electron chi connectivity index (χ2n) is 7.68. The van der Waals surface area contributed by atoms with E-state index in [1.54, 1.807) is 34.7 Å². The highest BCUT2D eigenvalue weighted by molar-refractivity contribution is 5.69. The van der Waals surface area contributed by atoms with Crippen LogP contribution in [0.15, 0.2) is 12.3 Å². The van der Waals surface area contributed by atoms with Crippen molar-refractivity contribution >= 4 is 6.09 Å². The molecule has 1 aliphatic heterocycles. The molecule has 0 bridgehead atoms. The molecule has 8 nitrogen and oxygen atoms in total. The Morgan fingerprint density at radius 3 is 2.64 bits per heavy atom. The van der Waals surface area contributed by atoms with Crippen molar-refractivity contribution < 1.29 is 18.7 Å². The minimum Gasteiger partial charge on any atom is -0.483 e. The molecular weight excluding hydrogens is 365 g/mol. The van der Waals surface area contributed by atoms with E-state index in [-0.39, 0.29) is 17.5 Å². The molecule has 1 aliphatic rings. The monoisotopic (exact) mass is 387 g/mol. The number of carbonyl (C=O) groups is 1. The SMILES string of the molecule is Cc1c(C#N)nn(C)c1-c1cc(OC2CN(C(=O)OC(C)(C)C)C2)c(F)cn1. The number of pyridine rings is 1. The first-order valence-corrected chi connectivity index (χ1v) is 8.83. The zero-order chi connectivity index (χ0) is 20.6. The van der Waals surface area contributed by atoms with Gasteiger partial charge < -0.3 is 14.4 Å². The Morgan fingerprint density at radius 1 is 1.39 bits per heavy atom. The van der Waals surface area contributed by atoms with Crippen LogP contribution in [0.25, 0.3) is 11.4 Å². The van der Waals surface area contributed by atoms with Crippen molar-refractivity contribution in [2.24, 2.45) is 7.05 Å². The van der Waals surface area contributed by atoms with Crippen molar-refractivity contribution in [2.45, 2.75) is 39.4 Å². The highest BCUT2D eigenvalue weighted by Crippen LogP contribution is 2.29. The molecule has 0 atom stereocenters. The molecule has 0 spiro atoms. The summed E-state index contributed by atoms with van der Waals surface area (Å²) in [4.78, 5) is 17.6. The molecule has 2 aromatic heterocycles. The first-order chi connectivity index (χ1) is 13.1. The first-order valence-electron chi connectivity index (χ1n) is 8.83. The van der Waals surface area contributed by atoms with Gasteiger partial charge in [0.25, 0.3) is 0 Å². The van der Waals surface area contributed by atoms with Crippen LogP contribution in [0.5, 0.6) is 5.75 Å². The number of nitrogens with zero attached hydrogens (tertiary/aromatic N) is 5. The summed E-state index contributed by atoms with van der Waals surface area (Å²) in [6.07, 6.45) is 0.324. The summed E-state index contributed by atoms with van der Waals surface area (Å²) < 4.78 is 26.7. The van der Waals surface area contributed by atoms with Crippen LogP contribution in [-0.2, 0) is 11.8 Å². The van der Waals surface area contributed by atoms with E-state index in [1.807, 2.05) is 6.07 Å². The van der Waals surface area contributed by atoms with E-state index in [9.17, 15) is 9.18 Å². The summed E-state index contributed by atoms with van der Waals surface area (Å²) in [5.41, 5.74) is 1.45. The number of nitriles is 1. The molecular formula is C19H22FN5O3. The number of halogens is 1. The molecule has 0 N–H and O–H groups in total. The average Bonchev–Trinajstić information content (AvgIpc) is 2.84. The number of carbonyl (C=O) groups excluding carboxylic acids is 1. The Bertz CT molecular complexity index is 952. The number of amides is 1. The highest BCUT2D eigenvalue weighted by atomic mass is 19.1. The van der Waals surface area contributed by atoms with Gasteiger partial charge in [0.15, 0.2) is 17.3 Å². The molecule has 2 aromatic rings. The molecule has 1 fully saturated rings. The lowest BCUT2D eigenvalue weighted by Crippen LogP contribution is -2.57. The molecule has 0 saturated carbocycles. The number of aryl methyl sites for hydroxylation is 1. The summed E-state index contributed by atoms with van der Waals surface area (Å²) in [6.45, 7) is 7.78. The van der Waals surface area contributed by atoms with E-state index in [0.717, 1.165) is 6.20 Å². The maximum absolute atomic E-state index is 14.2. The first kappa shape index (κ1) is 19.6. The van der Waals surface area contributed by atoms with E-state index in [4.69, 9.17) is 14.7 Å². The third-order valence-electron chi connectivity index (χ3n) is 4.25. The predicted octanol–water partition coefficient (Wildman–Crippen LogP) is 2.80. The van der Waals surface area contributed by atoms with Gasteiger partial charge in [0.1, 0.15) is 17.8 Å². The molecule has 1 amide bonds. The maximum atomic E-state index is 14.2. The topological polar surface area (TPSA) is 93.3 Å². The fraction of sp³-hybridized carbons (Fsp3) is 0.474. The summed E-state index contributed by atoms with van der Waals surface area (Å²) in [6, 6.07) is 3.50. The lowest BCUT2D eigenvalue weighted by molar-refractivity contribution is -0.0229. The number of aromatic nitrogens is 3. The molecule has 3 rings (SSSR count). The minimum absolute atomic E-state index is 0.0398. The summed E-state index contributed by atoms with van der Waals surface area (Å²) in [5.74, 6) is -0.558. The average molecular weight is 387 g/mol. The van der Waals surface area contributed by atoms with E-state index in [2.05, 4.69) is 10.1 Å². The van der Waals surface area contributed by atoms with Gasteiger partial charge in [-0.05, 0) is 27.7 Å². The quantitative estimate of drug-likeness (QED) is 0.804. The number of hydrogen-bond acceptors (Lipinski definition) is 6. The lowest BCUT2D eigenvalue weighted by atomic mass is 10.1. The largest absolute Gasteiger partial charge is 0.483 e. The van der Waals surface area contributed by atoms with Crippen LogP contribution >= 0.6 is 0 Å². The highest BCUT2D eigenvalue weighted by Gasteiger charge is 2.35. The van der Waals surface area contributed by atoms with Gasteiger partial charge in [-0.15, -0.1) is 0 Å². The van der Waals surface area contributed by atoms with Crippen LogP contribution in [0.4, 0.5) is 9.18 Å². The van der Waals surface area contributed by atoms with Crippen molar-refractivity contribution in [2.75, 3.05) is 13.1 Å². The smallest absolute Gasteiger partial charge is 0.410 e. The molecule has 28 heavy (non-hydrogen) atoms. The van der Waals surface area contributed by atoms with Crippen LogP contribution < -0.4 is 4.74 Å². The van der Waals surface area contributed by atoms with Crippen LogP contribution in [0.3, 0.4) is 0 Å². The minimum atomic E-state index is -0.597. The maximum Gasteiger partial charge on any atom is 0.410 e. The van der Waals surface area contributed by atoms with Gasteiger partial charge >= 0.3 is 6.09 Å². The molecule has 148 valence electrons. The molecule has 0 aromatic carbocycles. The second kappa shape index (κ2) is 7.11. The lowest BCUT2D eigenvalue weighted by Gasteiger charge is -2.39. The van der Waals surface area contributed by atoms with E-state index in [1.165, 1.54) is 15.6 Å². The van der Waals surface area contributed by atoms with Crippen LogP contribution in [0, 0.1) is 24.1 Å². The number of rotatable bonds is 3. The fourth-order valence-corrected chi connectivity index (χ4v) is 2.90. The summed E-state index contributed by atoms with van der Waals surface area (Å²) in [7, 11) is 1.69. The van der Waals surface area contributed by atoms with Crippen LogP contribution in [0.1, 0.15) is 32.0 Å². The normalized spacial score (nSPS) is 14.4. The molecule has 0 radical (unpaired) electrons. The molecule has 3 heterocycles. The van der Waals surface area contributed by atoms with Crippen molar-refractivity contribution in [3.05, 3.63) is 29.3 Å². The zero-order valence-corrected chi connectivity index (χ0v) is 16.5. The Morgan fingerprint density at radius 2 is 2.07 bits per heavy atom. The van der Waals surface area contributed by atoms with Gasteiger partial charge in [-0.1, -0.05) is 0 Å². The Labute approximate surface area is 162 Å². The van der Waals surface area contributed by atoms with E-state index >= 15 is 0 Å². The zero-order valence-electron chi connectivity index (χ0n) is 16.5. The fourth-order valence-electron chi connectivity index (χ4n) is 2.90. The van der Waals surface area contributed by atoms with Gasteiger partial charge in [0.2, 0.25) is 0 Å². The van der Waals surface area contributed by atoms with Crippen LogP contribution in [-0.4, -0.2) is 50.6 Å². The van der Waals surface area contributed by atoms with E-state index in [0.29, 0.717) is 30.0 Å². The molecule has 0 unspecified atom stereocenters. The Hall–Kier alpha value is -3.15. The standard InChI is InChI=1S/C19H22FN5O3/c1-11-15(7-21)23-24(5)17(11)14-6-16(13(20)8-22-14)27-12-9-25(10-12)18(26)28-19(2,3)4/h6,8,12H,9-10H2,1-5H3. The molecule has 0 aliphatic carbocycles. The van der Waals surface area contributed by atoms with Gasteiger partial charge in [-0.3, -0.25) is 9.67 Å². The second-order valence-corrected chi connectivity index (χ2v) is 7.68. The van der Waals surface area contributed by atoms with Gasteiger partial charge in [0, 0.05) is 18.7 Å². The van der Waals surface area contributed by atoms with Crippen molar-refractivity contribution in [1.82, 2.24) is 19.7 Å². The van der Waals surface area contributed by atoms with Crippen molar-refractivity contribution in [3.8, 4) is 23.2 Å².